The summed E-state index contributed by atoms with van der Waals surface area (Å²) in [6.45, 7) is 0.150. The third-order valence-electron chi connectivity index (χ3n) is 5.91. The van der Waals surface area contributed by atoms with E-state index in [2.05, 4.69) is 4.98 Å². The van der Waals surface area contributed by atoms with E-state index in [0.717, 1.165) is 33.9 Å². The Morgan fingerprint density at radius 1 is 0.974 bits per heavy atom. The van der Waals surface area contributed by atoms with Gasteiger partial charge in [-0.15, -0.1) is 11.8 Å². The number of nitrogens with zero attached hydrogens (tertiary/aromatic N) is 1. The molecule has 7 nitrogen and oxygen atoms in total. The van der Waals surface area contributed by atoms with E-state index in [4.69, 9.17) is 21.4 Å². The SMILES string of the molecule is O=C(O)CCSC(c1ccccc1COc1ccc(C=Cc2ccc3ccc(Cl)cc3n2)cc1)C(O)C(=O)O. The molecule has 0 radical (unpaired) electrons. The number of aliphatic hydroxyl groups excluding tert-OH is 1. The maximum absolute atomic E-state index is 11.5. The molecule has 1 aromatic heterocycles. The lowest BCUT2D eigenvalue weighted by Crippen LogP contribution is -2.27. The van der Waals surface area contributed by atoms with Crippen molar-refractivity contribution in [2.75, 3.05) is 5.75 Å². The molecule has 0 saturated carbocycles. The number of benzene rings is 3. The molecule has 0 aliphatic heterocycles. The van der Waals surface area contributed by atoms with Gasteiger partial charge in [0.15, 0.2) is 6.10 Å². The Balaban J connectivity index is 1.43. The minimum Gasteiger partial charge on any atom is -0.489 e. The fraction of sp³-hybridized carbons (Fsp3) is 0.167. The highest BCUT2D eigenvalue weighted by atomic mass is 35.5. The van der Waals surface area contributed by atoms with E-state index < -0.39 is 23.3 Å². The monoisotopic (exact) mass is 563 g/mol. The van der Waals surface area contributed by atoms with Gasteiger partial charge in [-0.3, -0.25) is 4.79 Å². The van der Waals surface area contributed by atoms with Gasteiger partial charge in [0, 0.05) is 16.2 Å². The molecule has 1 heterocycles. The number of hydrogen-bond acceptors (Lipinski definition) is 6. The molecule has 3 aromatic carbocycles. The number of aromatic nitrogens is 1. The number of halogens is 1. The minimum absolute atomic E-state index is 0.141. The number of ether oxygens (including phenoxy) is 1. The average Bonchev–Trinajstić information content (AvgIpc) is 2.93. The molecule has 0 fully saturated rings. The molecule has 2 unspecified atom stereocenters. The van der Waals surface area contributed by atoms with Crippen LogP contribution in [0.4, 0.5) is 0 Å². The van der Waals surface area contributed by atoms with Crippen LogP contribution in [-0.2, 0) is 16.2 Å². The van der Waals surface area contributed by atoms with Crippen molar-refractivity contribution < 1.29 is 29.6 Å². The zero-order valence-corrected chi connectivity index (χ0v) is 22.3. The lowest BCUT2D eigenvalue weighted by molar-refractivity contribution is -0.146. The summed E-state index contributed by atoms with van der Waals surface area (Å²) >= 11 is 7.17. The molecular formula is C30H26ClNO6S. The van der Waals surface area contributed by atoms with Crippen LogP contribution in [0.25, 0.3) is 23.1 Å². The summed E-state index contributed by atoms with van der Waals surface area (Å²) in [5.74, 6) is -1.57. The topological polar surface area (TPSA) is 117 Å². The van der Waals surface area contributed by atoms with Crippen LogP contribution < -0.4 is 4.74 Å². The molecule has 39 heavy (non-hydrogen) atoms. The van der Waals surface area contributed by atoms with Gasteiger partial charge in [0.2, 0.25) is 0 Å². The van der Waals surface area contributed by atoms with Crippen LogP contribution in [-0.4, -0.2) is 44.1 Å². The van der Waals surface area contributed by atoms with Gasteiger partial charge in [-0.25, -0.2) is 9.78 Å². The lowest BCUT2D eigenvalue weighted by Gasteiger charge is -2.22. The van der Waals surface area contributed by atoms with E-state index in [1.165, 1.54) is 0 Å². The summed E-state index contributed by atoms with van der Waals surface area (Å²) in [7, 11) is 0. The van der Waals surface area contributed by atoms with Crippen molar-refractivity contribution in [2.45, 2.75) is 24.4 Å². The molecule has 0 aliphatic carbocycles. The predicted octanol–water partition coefficient (Wildman–Crippen LogP) is 6.33. The van der Waals surface area contributed by atoms with Crippen LogP contribution in [0.2, 0.25) is 5.02 Å². The fourth-order valence-electron chi connectivity index (χ4n) is 3.91. The van der Waals surface area contributed by atoms with E-state index in [1.54, 1.807) is 24.3 Å². The zero-order chi connectivity index (χ0) is 27.8. The van der Waals surface area contributed by atoms with Crippen LogP contribution >= 0.6 is 23.4 Å². The zero-order valence-electron chi connectivity index (χ0n) is 20.7. The van der Waals surface area contributed by atoms with Gasteiger partial charge in [-0.05, 0) is 53.1 Å². The van der Waals surface area contributed by atoms with Crippen molar-refractivity contribution in [1.82, 2.24) is 4.98 Å². The van der Waals surface area contributed by atoms with Crippen molar-refractivity contribution in [3.8, 4) is 5.75 Å². The van der Waals surface area contributed by atoms with Crippen LogP contribution in [0.5, 0.6) is 5.75 Å². The highest BCUT2D eigenvalue weighted by molar-refractivity contribution is 7.99. The predicted molar refractivity (Wildman–Crippen MR) is 154 cm³/mol. The molecule has 0 bridgehead atoms. The molecular weight excluding hydrogens is 538 g/mol. The number of hydrogen-bond donors (Lipinski definition) is 3. The first-order chi connectivity index (χ1) is 18.8. The number of carbonyl (C=O) groups is 2. The number of carboxylic acid groups (broad SMARTS) is 2. The quantitative estimate of drug-likeness (QED) is 0.183. The summed E-state index contributed by atoms with van der Waals surface area (Å²) in [5, 5.41) is 29.5. The number of aliphatic hydroxyl groups is 1. The Bertz CT molecular complexity index is 1490. The Kier molecular flexibility index (Phi) is 9.59. The number of carboxylic acids is 2. The highest BCUT2D eigenvalue weighted by Crippen LogP contribution is 2.35. The summed E-state index contributed by atoms with van der Waals surface area (Å²) in [5.41, 5.74) is 3.88. The van der Waals surface area contributed by atoms with Crippen LogP contribution in [0, 0.1) is 0 Å². The normalized spacial score (nSPS) is 12.9. The van der Waals surface area contributed by atoms with Gasteiger partial charge in [-0.1, -0.05) is 66.2 Å². The first kappa shape index (κ1) is 28.2. The van der Waals surface area contributed by atoms with Gasteiger partial charge < -0.3 is 20.1 Å². The Hall–Kier alpha value is -3.85. The van der Waals surface area contributed by atoms with Gasteiger partial charge in [-0.2, -0.15) is 0 Å². The maximum atomic E-state index is 11.5. The molecule has 4 rings (SSSR count). The first-order valence-electron chi connectivity index (χ1n) is 12.1. The van der Waals surface area contributed by atoms with E-state index in [-0.39, 0.29) is 18.8 Å². The minimum atomic E-state index is -1.69. The second-order valence-corrected chi connectivity index (χ2v) is 10.4. The van der Waals surface area contributed by atoms with Crippen LogP contribution in [0.3, 0.4) is 0 Å². The molecule has 0 spiro atoms. The smallest absolute Gasteiger partial charge is 0.334 e. The summed E-state index contributed by atoms with van der Waals surface area (Å²) < 4.78 is 5.96. The molecule has 200 valence electrons. The standard InChI is InChI=1S/C30H26ClNO6S/c31-22-10-8-20-9-12-23(32-26(20)17-22)11-5-19-6-13-24(14-7-19)38-18-21-3-1-2-4-25(21)29(28(35)30(36)37)39-16-15-27(33)34/h1-14,17,28-29,35H,15-16,18H2,(H,33,34)(H,36,37). The van der Waals surface area contributed by atoms with Gasteiger partial charge in [0.05, 0.1) is 22.9 Å². The van der Waals surface area contributed by atoms with Crippen LogP contribution in [0.1, 0.15) is 34.1 Å². The van der Waals surface area contributed by atoms with Crippen molar-refractivity contribution >= 4 is 58.4 Å². The molecule has 0 aliphatic rings. The number of thioether (sulfide) groups is 1. The Labute approximate surface area is 234 Å². The maximum Gasteiger partial charge on any atom is 0.334 e. The summed E-state index contributed by atoms with van der Waals surface area (Å²) in [6, 6.07) is 24.1. The van der Waals surface area contributed by atoms with E-state index in [9.17, 15) is 19.8 Å². The molecule has 9 heteroatoms. The van der Waals surface area contributed by atoms with Crippen molar-refractivity contribution in [3.63, 3.8) is 0 Å². The summed E-state index contributed by atoms with van der Waals surface area (Å²) in [4.78, 5) is 27.1. The van der Waals surface area contributed by atoms with E-state index in [0.29, 0.717) is 21.9 Å². The lowest BCUT2D eigenvalue weighted by atomic mass is 10.0. The molecule has 0 amide bonds. The highest BCUT2D eigenvalue weighted by Gasteiger charge is 2.29. The average molecular weight is 564 g/mol. The van der Waals surface area contributed by atoms with Crippen molar-refractivity contribution in [2.24, 2.45) is 0 Å². The largest absolute Gasteiger partial charge is 0.489 e. The van der Waals surface area contributed by atoms with Gasteiger partial charge >= 0.3 is 11.9 Å². The molecule has 4 aromatic rings. The summed E-state index contributed by atoms with van der Waals surface area (Å²) in [6.07, 6.45) is 2.04. The first-order valence-corrected chi connectivity index (χ1v) is 13.5. The van der Waals surface area contributed by atoms with Crippen molar-refractivity contribution in [3.05, 3.63) is 106 Å². The number of aliphatic carboxylic acids is 2. The molecule has 0 saturated heterocycles. The Morgan fingerprint density at radius 3 is 2.46 bits per heavy atom. The van der Waals surface area contributed by atoms with Crippen molar-refractivity contribution in [1.29, 1.82) is 0 Å². The van der Waals surface area contributed by atoms with Gasteiger partial charge in [0.1, 0.15) is 12.4 Å². The fourth-order valence-corrected chi connectivity index (χ4v) is 5.33. The second kappa shape index (κ2) is 13.3. The van der Waals surface area contributed by atoms with Gasteiger partial charge in [0.25, 0.3) is 0 Å². The van der Waals surface area contributed by atoms with E-state index in [1.807, 2.05) is 66.7 Å². The number of rotatable bonds is 12. The third kappa shape index (κ3) is 7.83. The third-order valence-corrected chi connectivity index (χ3v) is 7.46. The number of pyridine rings is 1. The Morgan fingerprint density at radius 2 is 1.72 bits per heavy atom. The molecule has 2 atom stereocenters. The number of fused-ring (bicyclic) bond motifs is 1. The second-order valence-electron chi connectivity index (χ2n) is 8.68. The molecule has 3 N–H and O–H groups in total. The van der Waals surface area contributed by atoms with E-state index >= 15 is 0 Å². The van der Waals surface area contributed by atoms with Crippen LogP contribution in [0.15, 0.2) is 78.9 Å².